The average molecular weight is 344 g/mol. The van der Waals surface area contributed by atoms with Crippen LogP contribution in [0.2, 0.25) is 0 Å². The first-order chi connectivity index (χ1) is 11.8. The Bertz CT molecular complexity index is 813. The molecule has 7 heteroatoms. The van der Waals surface area contributed by atoms with Gasteiger partial charge in [0.2, 0.25) is 0 Å². The molecule has 6 nitrogen and oxygen atoms in total. The summed E-state index contributed by atoms with van der Waals surface area (Å²) in [6.45, 7) is 2.82. The van der Waals surface area contributed by atoms with E-state index < -0.39 is 17.3 Å². The first kappa shape index (κ1) is 17.3. The number of aromatic nitrogens is 2. The Morgan fingerprint density at radius 3 is 2.80 bits per heavy atom. The molecule has 0 aliphatic heterocycles. The number of nitrogen functional groups attached to an aromatic ring is 1. The zero-order valence-corrected chi connectivity index (χ0v) is 14.2. The summed E-state index contributed by atoms with van der Waals surface area (Å²) in [5, 5.41) is 12.8. The molecule has 1 amide bonds. The lowest BCUT2D eigenvalue weighted by atomic mass is 9.96. The molecule has 25 heavy (non-hydrogen) atoms. The summed E-state index contributed by atoms with van der Waals surface area (Å²) in [7, 11) is 0. The lowest BCUT2D eigenvalue weighted by molar-refractivity contribution is 0.0753. The molecule has 1 fully saturated rings. The highest BCUT2D eigenvalue weighted by Crippen LogP contribution is 2.33. The van der Waals surface area contributed by atoms with E-state index in [1.807, 2.05) is 6.07 Å². The Labute approximate surface area is 145 Å². The number of amides is 1. The predicted octanol–water partition coefficient (Wildman–Crippen LogP) is 2.63. The number of aliphatic hydroxyl groups is 1. The van der Waals surface area contributed by atoms with Gasteiger partial charge in [-0.3, -0.25) is 4.79 Å². The fourth-order valence-electron chi connectivity index (χ4n) is 2.72. The van der Waals surface area contributed by atoms with E-state index in [0.717, 1.165) is 12.1 Å². The van der Waals surface area contributed by atoms with Crippen LogP contribution in [0.25, 0.3) is 0 Å². The van der Waals surface area contributed by atoms with Crippen LogP contribution in [0.3, 0.4) is 0 Å². The van der Waals surface area contributed by atoms with Crippen molar-refractivity contribution in [1.82, 2.24) is 9.97 Å². The maximum absolute atomic E-state index is 14.3. The Morgan fingerprint density at radius 2 is 2.16 bits per heavy atom. The van der Waals surface area contributed by atoms with E-state index in [-0.39, 0.29) is 22.8 Å². The molecule has 2 aromatic heterocycles. The molecule has 0 atom stereocenters. The third kappa shape index (κ3) is 3.93. The number of rotatable bonds is 5. The quantitative estimate of drug-likeness (QED) is 0.774. The van der Waals surface area contributed by atoms with E-state index in [4.69, 9.17) is 5.73 Å². The number of carbonyl (C=O) groups excluding carboxylic acids is 1. The normalized spacial score (nSPS) is 14.4. The van der Waals surface area contributed by atoms with Crippen molar-refractivity contribution in [2.45, 2.75) is 38.7 Å². The fourth-order valence-corrected chi connectivity index (χ4v) is 2.72. The summed E-state index contributed by atoms with van der Waals surface area (Å²) >= 11 is 0. The summed E-state index contributed by atoms with van der Waals surface area (Å²) in [6.07, 6.45) is 4.48. The second kappa shape index (κ2) is 6.40. The molecule has 0 saturated heterocycles. The van der Waals surface area contributed by atoms with Gasteiger partial charge in [0.05, 0.1) is 17.5 Å². The van der Waals surface area contributed by atoms with E-state index in [1.165, 1.54) is 32.9 Å². The molecule has 1 aliphatic carbocycles. The first-order valence-electron chi connectivity index (χ1n) is 8.20. The van der Waals surface area contributed by atoms with Crippen LogP contribution in [-0.4, -0.2) is 21.0 Å². The van der Waals surface area contributed by atoms with Gasteiger partial charge in [-0.1, -0.05) is 6.07 Å². The van der Waals surface area contributed by atoms with Gasteiger partial charge in [0.25, 0.3) is 5.91 Å². The zero-order chi connectivity index (χ0) is 18.2. The van der Waals surface area contributed by atoms with Crippen LogP contribution in [0, 0.1) is 11.7 Å². The highest BCUT2D eigenvalue weighted by molar-refractivity contribution is 6.03. The molecular weight excluding hydrogens is 323 g/mol. The van der Waals surface area contributed by atoms with Gasteiger partial charge in [0, 0.05) is 11.3 Å². The number of nitrogens with zero attached hydrogens (tertiary/aromatic N) is 2. The SMILES string of the molecule is CC(C)(O)c1c(NC(=O)c2cccc(CC3CC3)n2)cnc(N)c1F. The number of nitrogens with one attached hydrogen (secondary N) is 1. The number of hydrogen-bond donors (Lipinski definition) is 3. The molecule has 0 radical (unpaired) electrons. The van der Waals surface area contributed by atoms with Gasteiger partial charge >= 0.3 is 0 Å². The fraction of sp³-hybridized carbons (Fsp3) is 0.389. The summed E-state index contributed by atoms with van der Waals surface area (Å²) in [4.78, 5) is 20.6. The molecule has 3 rings (SSSR count). The van der Waals surface area contributed by atoms with Gasteiger partial charge in [-0.05, 0) is 51.2 Å². The minimum atomic E-state index is -1.54. The van der Waals surface area contributed by atoms with Crippen LogP contribution in [-0.2, 0) is 12.0 Å². The number of pyridine rings is 2. The number of hydrogen-bond acceptors (Lipinski definition) is 5. The van der Waals surface area contributed by atoms with Crippen LogP contribution in [0.5, 0.6) is 0 Å². The Balaban J connectivity index is 1.87. The summed E-state index contributed by atoms with van der Waals surface area (Å²) in [5.74, 6) is -1.02. The maximum atomic E-state index is 14.3. The molecule has 132 valence electrons. The number of nitrogens with two attached hydrogens (primary N) is 1. The second-order valence-electron chi connectivity index (χ2n) is 6.92. The highest BCUT2D eigenvalue weighted by atomic mass is 19.1. The molecule has 1 saturated carbocycles. The molecule has 0 aromatic carbocycles. The van der Waals surface area contributed by atoms with Crippen molar-refractivity contribution in [3.05, 3.63) is 47.2 Å². The standard InChI is InChI=1S/C18H21FN4O2/c1-18(2,25)14-13(9-21-16(20)15(14)19)23-17(24)12-5-3-4-11(22-12)8-10-6-7-10/h3-5,9-10,25H,6-8H2,1-2H3,(H2,20,21)(H,23,24). The lowest BCUT2D eigenvalue weighted by Crippen LogP contribution is -2.24. The van der Waals surface area contributed by atoms with Gasteiger partial charge in [-0.25, -0.2) is 14.4 Å². The summed E-state index contributed by atoms with van der Waals surface area (Å²) < 4.78 is 14.3. The van der Waals surface area contributed by atoms with Crippen molar-refractivity contribution in [2.75, 3.05) is 11.1 Å². The first-order valence-corrected chi connectivity index (χ1v) is 8.20. The molecule has 0 unspecified atom stereocenters. The molecule has 2 heterocycles. The van der Waals surface area contributed by atoms with Crippen LogP contribution < -0.4 is 11.1 Å². The minimum Gasteiger partial charge on any atom is -0.386 e. The van der Waals surface area contributed by atoms with Crippen molar-refractivity contribution in [2.24, 2.45) is 5.92 Å². The van der Waals surface area contributed by atoms with Gasteiger partial charge in [0.15, 0.2) is 11.6 Å². The molecule has 2 aromatic rings. The van der Waals surface area contributed by atoms with E-state index >= 15 is 0 Å². The van der Waals surface area contributed by atoms with Crippen molar-refractivity contribution < 1.29 is 14.3 Å². The number of halogens is 1. The van der Waals surface area contributed by atoms with Crippen LogP contribution >= 0.6 is 0 Å². The van der Waals surface area contributed by atoms with Crippen molar-refractivity contribution in [1.29, 1.82) is 0 Å². The van der Waals surface area contributed by atoms with E-state index in [0.29, 0.717) is 5.92 Å². The van der Waals surface area contributed by atoms with Crippen LogP contribution in [0.15, 0.2) is 24.4 Å². The van der Waals surface area contributed by atoms with Crippen LogP contribution in [0.1, 0.15) is 48.4 Å². The van der Waals surface area contributed by atoms with E-state index in [1.54, 1.807) is 12.1 Å². The smallest absolute Gasteiger partial charge is 0.274 e. The molecule has 0 spiro atoms. The van der Waals surface area contributed by atoms with Crippen molar-refractivity contribution >= 4 is 17.4 Å². The molecular formula is C18H21FN4O2. The number of anilines is 2. The highest BCUT2D eigenvalue weighted by Gasteiger charge is 2.28. The van der Waals surface area contributed by atoms with E-state index in [2.05, 4.69) is 15.3 Å². The topological polar surface area (TPSA) is 101 Å². The molecule has 0 bridgehead atoms. The maximum Gasteiger partial charge on any atom is 0.274 e. The minimum absolute atomic E-state index is 0.0681. The van der Waals surface area contributed by atoms with Gasteiger partial charge in [-0.15, -0.1) is 0 Å². The third-order valence-electron chi connectivity index (χ3n) is 4.14. The average Bonchev–Trinajstić information content (AvgIpc) is 3.34. The second-order valence-corrected chi connectivity index (χ2v) is 6.92. The lowest BCUT2D eigenvalue weighted by Gasteiger charge is -2.22. The van der Waals surface area contributed by atoms with E-state index in [9.17, 15) is 14.3 Å². The molecule has 1 aliphatic rings. The van der Waals surface area contributed by atoms with Crippen molar-refractivity contribution in [3.8, 4) is 0 Å². The van der Waals surface area contributed by atoms with Gasteiger partial charge in [-0.2, -0.15) is 0 Å². The predicted molar refractivity (Wildman–Crippen MR) is 92.5 cm³/mol. The Kier molecular flexibility index (Phi) is 4.43. The Morgan fingerprint density at radius 1 is 1.44 bits per heavy atom. The third-order valence-corrected chi connectivity index (χ3v) is 4.14. The Hall–Kier alpha value is -2.54. The number of carbonyl (C=O) groups is 1. The largest absolute Gasteiger partial charge is 0.386 e. The van der Waals surface area contributed by atoms with Gasteiger partial charge in [0.1, 0.15) is 5.69 Å². The summed E-state index contributed by atoms with van der Waals surface area (Å²) in [5.41, 5.74) is 4.99. The summed E-state index contributed by atoms with van der Waals surface area (Å²) in [6, 6.07) is 5.26. The van der Waals surface area contributed by atoms with Crippen LogP contribution in [0.4, 0.5) is 15.9 Å². The zero-order valence-electron chi connectivity index (χ0n) is 14.2. The van der Waals surface area contributed by atoms with Crippen molar-refractivity contribution in [3.63, 3.8) is 0 Å². The monoisotopic (exact) mass is 344 g/mol. The van der Waals surface area contributed by atoms with Gasteiger partial charge < -0.3 is 16.2 Å². The molecule has 4 N–H and O–H groups in total.